The molecule has 2 aromatic rings. The molecule has 1 aliphatic rings. The molecule has 3 rings (SSSR count). The second kappa shape index (κ2) is 5.58. The summed E-state index contributed by atoms with van der Waals surface area (Å²) in [4.78, 5) is 11.9. The second-order valence-electron chi connectivity index (χ2n) is 4.46. The summed E-state index contributed by atoms with van der Waals surface area (Å²) in [5.41, 5.74) is 0.857. The highest BCUT2D eigenvalue weighted by Crippen LogP contribution is 2.36. The van der Waals surface area contributed by atoms with Crippen LogP contribution >= 0.6 is 27.5 Å². The zero-order valence-electron chi connectivity index (χ0n) is 11.3. The number of phenols is 2. The minimum atomic E-state index is -0.253. The molecule has 0 atom stereocenters. The molecule has 0 fully saturated rings. The lowest BCUT2D eigenvalue weighted by molar-refractivity contribution is 0.452. The highest BCUT2D eigenvalue weighted by atomic mass is 79.9. The number of aliphatic imine (C=N–C) groups is 1. The minimum absolute atomic E-state index is 0.0320. The molecule has 0 saturated carbocycles. The van der Waals surface area contributed by atoms with E-state index < -0.39 is 0 Å². The fourth-order valence-electron chi connectivity index (χ4n) is 2.00. The highest BCUT2D eigenvalue weighted by Gasteiger charge is 2.21. The molecule has 1 heterocycles. The van der Waals surface area contributed by atoms with Crippen molar-refractivity contribution in [2.45, 2.75) is 0 Å². The van der Waals surface area contributed by atoms with Gasteiger partial charge in [-0.2, -0.15) is 0 Å². The molecular weight excluding hydrogens is 372 g/mol. The first-order chi connectivity index (χ1) is 10.5. The number of phenolic OH excluding ortho intramolecular Hbond substituents is 2. The first-order valence-corrected chi connectivity index (χ1v) is 7.38. The van der Waals surface area contributed by atoms with Crippen LogP contribution in [0.15, 0.2) is 43.7 Å². The van der Waals surface area contributed by atoms with Gasteiger partial charge in [0.25, 0.3) is 0 Å². The average Bonchev–Trinajstić information content (AvgIpc) is 2.96. The monoisotopic (exact) mass is 380 g/mol. The third kappa shape index (κ3) is 2.42. The maximum atomic E-state index is 10.4. The Morgan fingerprint density at radius 2 is 1.68 bits per heavy atom. The van der Waals surface area contributed by atoms with Gasteiger partial charge in [0.05, 0.1) is 0 Å². The number of anilines is 2. The molecule has 112 valence electrons. The molecule has 22 heavy (non-hydrogen) atoms. The van der Waals surface area contributed by atoms with Crippen molar-refractivity contribution in [3.63, 3.8) is 0 Å². The Balaban J connectivity index is 2.17. The van der Waals surface area contributed by atoms with Crippen LogP contribution < -0.4 is 16.0 Å². The van der Waals surface area contributed by atoms with Gasteiger partial charge in [-0.15, -0.1) is 0 Å². The fraction of sp³-hybridized carbons (Fsp3) is 0.0714. The number of guanidine groups is 1. The van der Waals surface area contributed by atoms with Gasteiger partial charge in [0.2, 0.25) is 5.96 Å². The number of nitrogens with one attached hydrogen (secondary N) is 1. The smallest absolute Gasteiger partial charge is 0.245 e. The maximum absolute atomic E-state index is 10.4. The van der Waals surface area contributed by atoms with Gasteiger partial charge < -0.3 is 15.5 Å². The van der Waals surface area contributed by atoms with Crippen LogP contribution in [0.3, 0.4) is 0 Å². The Bertz CT molecular complexity index is 910. The van der Waals surface area contributed by atoms with Crippen molar-refractivity contribution >= 4 is 44.9 Å². The summed E-state index contributed by atoms with van der Waals surface area (Å²) in [6, 6.07) is 7.26. The Labute approximate surface area is 138 Å². The molecule has 0 saturated heterocycles. The number of nitrogens with zero attached hydrogens (tertiary/aromatic N) is 3. The van der Waals surface area contributed by atoms with Crippen LogP contribution in [0.25, 0.3) is 0 Å². The molecule has 0 bridgehead atoms. The third-order valence-corrected chi connectivity index (χ3v) is 3.97. The SMILES string of the molecule is CN=C1N=c2c(O)c(Cl)c(Nc3ccc(Br)cc3)c(O)c2=N1. The average molecular weight is 382 g/mol. The number of rotatable bonds is 2. The number of aromatic hydroxyl groups is 2. The topological polar surface area (TPSA) is 89.6 Å². The van der Waals surface area contributed by atoms with Crippen molar-refractivity contribution < 1.29 is 10.2 Å². The minimum Gasteiger partial charge on any atom is -0.504 e. The van der Waals surface area contributed by atoms with E-state index in [1.54, 1.807) is 12.1 Å². The zero-order valence-corrected chi connectivity index (χ0v) is 13.6. The highest BCUT2D eigenvalue weighted by molar-refractivity contribution is 9.10. The summed E-state index contributed by atoms with van der Waals surface area (Å²) < 4.78 is 0.919. The van der Waals surface area contributed by atoms with Crippen LogP contribution in [0.5, 0.6) is 11.5 Å². The van der Waals surface area contributed by atoms with E-state index in [-0.39, 0.29) is 38.9 Å². The van der Waals surface area contributed by atoms with Crippen molar-refractivity contribution in [1.29, 1.82) is 0 Å². The molecule has 0 spiro atoms. The molecule has 3 N–H and O–H groups in total. The molecule has 0 aromatic heterocycles. The van der Waals surface area contributed by atoms with Crippen molar-refractivity contribution in [1.82, 2.24) is 0 Å². The first-order valence-electron chi connectivity index (χ1n) is 6.21. The molecule has 0 aliphatic carbocycles. The summed E-state index contributed by atoms with van der Waals surface area (Å²) in [6.45, 7) is 0. The molecular formula is C14H10BrClN4O2. The maximum Gasteiger partial charge on any atom is 0.245 e. The van der Waals surface area contributed by atoms with Crippen molar-refractivity contribution in [3.8, 4) is 11.5 Å². The van der Waals surface area contributed by atoms with E-state index in [1.807, 2.05) is 12.1 Å². The van der Waals surface area contributed by atoms with Gasteiger partial charge in [0, 0.05) is 17.2 Å². The van der Waals surface area contributed by atoms with E-state index in [2.05, 4.69) is 36.2 Å². The second-order valence-corrected chi connectivity index (χ2v) is 5.76. The Hall–Kier alpha value is -2.12. The summed E-state index contributed by atoms with van der Waals surface area (Å²) in [5.74, 6) is -0.281. The molecule has 8 heteroatoms. The van der Waals surface area contributed by atoms with Crippen molar-refractivity contribution in [3.05, 3.63) is 44.5 Å². The quantitative estimate of drug-likeness (QED) is 0.551. The molecule has 0 radical (unpaired) electrons. The van der Waals surface area contributed by atoms with E-state index in [0.717, 1.165) is 4.47 Å². The fourth-order valence-corrected chi connectivity index (χ4v) is 2.49. The van der Waals surface area contributed by atoms with Crippen LogP contribution in [0.2, 0.25) is 5.02 Å². The normalized spacial score (nSPS) is 14.4. The lowest BCUT2D eigenvalue weighted by atomic mass is 10.2. The van der Waals surface area contributed by atoms with Gasteiger partial charge in [0.15, 0.2) is 11.5 Å². The van der Waals surface area contributed by atoms with Gasteiger partial charge in [-0.05, 0) is 24.3 Å². The lowest BCUT2D eigenvalue weighted by Gasteiger charge is -2.11. The Kier molecular flexibility index (Phi) is 3.76. The number of fused-ring (bicyclic) bond motifs is 1. The Morgan fingerprint density at radius 1 is 1.09 bits per heavy atom. The van der Waals surface area contributed by atoms with Crippen LogP contribution in [0, 0.1) is 0 Å². The van der Waals surface area contributed by atoms with Gasteiger partial charge in [-0.1, -0.05) is 27.5 Å². The summed E-state index contributed by atoms with van der Waals surface area (Å²) in [5, 5.41) is 23.7. The summed E-state index contributed by atoms with van der Waals surface area (Å²) >= 11 is 9.47. The van der Waals surface area contributed by atoms with E-state index >= 15 is 0 Å². The predicted molar refractivity (Wildman–Crippen MR) is 87.9 cm³/mol. The molecule has 6 nitrogen and oxygen atoms in total. The first kappa shape index (κ1) is 14.8. The lowest BCUT2D eigenvalue weighted by Crippen LogP contribution is -2.23. The molecule has 2 aromatic carbocycles. The number of hydrogen-bond donors (Lipinski definition) is 3. The van der Waals surface area contributed by atoms with E-state index in [4.69, 9.17) is 11.6 Å². The molecule has 0 unspecified atom stereocenters. The molecule has 1 aliphatic heterocycles. The van der Waals surface area contributed by atoms with Gasteiger partial charge in [-0.3, -0.25) is 4.99 Å². The number of hydrogen-bond acceptors (Lipinski definition) is 4. The molecule has 0 amide bonds. The van der Waals surface area contributed by atoms with Crippen molar-refractivity contribution in [2.24, 2.45) is 15.0 Å². The number of benzene rings is 2. The van der Waals surface area contributed by atoms with Crippen molar-refractivity contribution in [2.75, 3.05) is 12.4 Å². The predicted octanol–water partition coefficient (Wildman–Crippen LogP) is 2.50. The van der Waals surface area contributed by atoms with E-state index in [0.29, 0.717) is 5.69 Å². The number of halogens is 2. The zero-order chi connectivity index (χ0) is 15.9. The van der Waals surface area contributed by atoms with Gasteiger partial charge in [-0.25, -0.2) is 9.98 Å². The summed E-state index contributed by atoms with van der Waals surface area (Å²) in [6.07, 6.45) is 0. The van der Waals surface area contributed by atoms with Crippen LogP contribution in [0.1, 0.15) is 0 Å². The van der Waals surface area contributed by atoms with Crippen LogP contribution in [-0.4, -0.2) is 23.2 Å². The summed E-state index contributed by atoms with van der Waals surface area (Å²) in [7, 11) is 1.52. The van der Waals surface area contributed by atoms with E-state index in [9.17, 15) is 10.2 Å². The van der Waals surface area contributed by atoms with E-state index in [1.165, 1.54) is 7.05 Å². The van der Waals surface area contributed by atoms with Crippen LogP contribution in [0.4, 0.5) is 11.4 Å². The third-order valence-electron chi connectivity index (χ3n) is 3.07. The van der Waals surface area contributed by atoms with Crippen LogP contribution in [-0.2, 0) is 0 Å². The van der Waals surface area contributed by atoms with Gasteiger partial charge >= 0.3 is 0 Å². The van der Waals surface area contributed by atoms with Gasteiger partial charge in [0.1, 0.15) is 21.4 Å². The largest absolute Gasteiger partial charge is 0.504 e. The standard InChI is InChI=1S/C14H10BrClN4O2/c1-17-14-19-10-11(20-14)13(22)9(8(16)12(10)21)18-7-4-2-6(15)3-5-7/h2-5,18,21-22H,1H3. The Morgan fingerprint density at radius 3 is 2.27 bits per heavy atom.